The van der Waals surface area contributed by atoms with Crippen molar-refractivity contribution in [3.05, 3.63) is 11.9 Å². The Bertz CT molecular complexity index is 395. The van der Waals surface area contributed by atoms with E-state index in [2.05, 4.69) is 41.4 Å². The Hall–Kier alpha value is -1.36. The Labute approximate surface area is 122 Å². The van der Waals surface area contributed by atoms with E-state index in [0.29, 0.717) is 12.5 Å². The van der Waals surface area contributed by atoms with Crippen molar-refractivity contribution in [2.75, 3.05) is 30.9 Å². The van der Waals surface area contributed by atoms with Crippen LogP contribution in [0.2, 0.25) is 0 Å². The number of aromatic nitrogens is 2. The van der Waals surface area contributed by atoms with Crippen LogP contribution in [0, 0.1) is 5.92 Å². The fourth-order valence-electron chi connectivity index (χ4n) is 1.87. The largest absolute Gasteiger partial charge is 0.380 e. The third kappa shape index (κ3) is 5.33. The van der Waals surface area contributed by atoms with Gasteiger partial charge in [0.25, 0.3) is 0 Å². The van der Waals surface area contributed by atoms with Crippen LogP contribution in [0.3, 0.4) is 0 Å². The zero-order valence-corrected chi connectivity index (χ0v) is 13.4. The summed E-state index contributed by atoms with van der Waals surface area (Å²) in [4.78, 5) is 9.05. The lowest BCUT2D eigenvalue weighted by atomic mass is 10.1. The molecule has 20 heavy (non-hydrogen) atoms. The fourth-order valence-corrected chi connectivity index (χ4v) is 1.87. The summed E-state index contributed by atoms with van der Waals surface area (Å²) in [6.07, 6.45) is 1.93. The Morgan fingerprint density at radius 1 is 1.20 bits per heavy atom. The summed E-state index contributed by atoms with van der Waals surface area (Å²) in [5.74, 6) is 3.07. The molecule has 0 saturated heterocycles. The van der Waals surface area contributed by atoms with Gasteiger partial charge in [0.05, 0.1) is 12.6 Å². The van der Waals surface area contributed by atoms with Crippen molar-refractivity contribution in [2.45, 2.75) is 46.6 Å². The molecule has 0 aliphatic heterocycles. The smallest absolute Gasteiger partial charge is 0.133 e. The lowest BCUT2D eigenvalue weighted by Crippen LogP contribution is -2.31. The maximum absolute atomic E-state index is 5.54. The molecule has 1 heterocycles. The molecular weight excluding hydrogens is 252 g/mol. The topological polar surface area (TPSA) is 59.1 Å². The summed E-state index contributed by atoms with van der Waals surface area (Å²) in [7, 11) is 1.88. The average molecular weight is 280 g/mol. The third-order valence-corrected chi connectivity index (χ3v) is 3.14. The average Bonchev–Trinajstić information content (AvgIpc) is 2.43. The van der Waals surface area contributed by atoms with Crippen molar-refractivity contribution in [1.82, 2.24) is 9.97 Å². The molecule has 0 radical (unpaired) electrons. The summed E-state index contributed by atoms with van der Waals surface area (Å²) in [5.41, 5.74) is 0. The number of anilines is 2. The SMILES string of the molecule is CCCc1nc(NC)cc(NC(COCC)C(C)C)n1. The Kier molecular flexibility index (Phi) is 7.30. The number of nitrogens with zero attached hydrogens (tertiary/aromatic N) is 2. The molecule has 1 aromatic rings. The Morgan fingerprint density at radius 3 is 2.45 bits per heavy atom. The zero-order valence-electron chi connectivity index (χ0n) is 13.4. The predicted molar refractivity (Wildman–Crippen MR) is 84.3 cm³/mol. The Morgan fingerprint density at radius 2 is 1.90 bits per heavy atom. The van der Waals surface area contributed by atoms with E-state index in [0.717, 1.165) is 36.9 Å². The molecule has 0 amide bonds. The molecule has 1 rings (SSSR count). The predicted octanol–water partition coefficient (Wildman–Crippen LogP) is 2.94. The van der Waals surface area contributed by atoms with Crippen LogP contribution in [0.5, 0.6) is 0 Å². The molecule has 5 heteroatoms. The molecule has 0 spiro atoms. The number of nitrogens with one attached hydrogen (secondary N) is 2. The van der Waals surface area contributed by atoms with Crippen LogP contribution in [0.15, 0.2) is 6.07 Å². The van der Waals surface area contributed by atoms with E-state index in [-0.39, 0.29) is 6.04 Å². The van der Waals surface area contributed by atoms with Gasteiger partial charge in [-0.05, 0) is 19.3 Å². The lowest BCUT2D eigenvalue weighted by Gasteiger charge is -2.23. The molecule has 0 aliphatic carbocycles. The summed E-state index contributed by atoms with van der Waals surface area (Å²) in [6, 6.07) is 2.20. The van der Waals surface area contributed by atoms with Crippen LogP contribution < -0.4 is 10.6 Å². The van der Waals surface area contributed by atoms with Crippen molar-refractivity contribution < 1.29 is 4.74 Å². The van der Waals surface area contributed by atoms with E-state index >= 15 is 0 Å². The highest BCUT2D eigenvalue weighted by Gasteiger charge is 2.15. The number of aryl methyl sites for hydroxylation is 1. The van der Waals surface area contributed by atoms with Crippen LogP contribution in [-0.4, -0.2) is 36.3 Å². The first kappa shape index (κ1) is 16.7. The number of rotatable bonds is 9. The summed E-state index contributed by atoms with van der Waals surface area (Å²) < 4.78 is 5.54. The maximum atomic E-state index is 5.54. The van der Waals surface area contributed by atoms with Gasteiger partial charge < -0.3 is 15.4 Å². The Balaban J connectivity index is 2.84. The van der Waals surface area contributed by atoms with Gasteiger partial charge in [0.2, 0.25) is 0 Å². The van der Waals surface area contributed by atoms with Gasteiger partial charge in [0.15, 0.2) is 0 Å². The molecule has 1 aromatic heterocycles. The maximum Gasteiger partial charge on any atom is 0.133 e. The quantitative estimate of drug-likeness (QED) is 0.728. The monoisotopic (exact) mass is 280 g/mol. The second kappa shape index (κ2) is 8.74. The van der Waals surface area contributed by atoms with Crippen LogP contribution in [-0.2, 0) is 11.2 Å². The van der Waals surface area contributed by atoms with E-state index in [1.807, 2.05) is 20.0 Å². The minimum atomic E-state index is 0.254. The molecule has 5 nitrogen and oxygen atoms in total. The van der Waals surface area contributed by atoms with Crippen LogP contribution >= 0.6 is 0 Å². The van der Waals surface area contributed by atoms with E-state index < -0.39 is 0 Å². The standard InChI is InChI=1S/C15H28N4O/c1-6-8-13-18-14(16-5)9-15(19-13)17-12(11(3)4)10-20-7-2/h9,11-12H,6-8,10H2,1-5H3,(H2,16,17,18,19). The van der Waals surface area contributed by atoms with Gasteiger partial charge in [-0.25, -0.2) is 9.97 Å². The van der Waals surface area contributed by atoms with E-state index in [4.69, 9.17) is 4.74 Å². The number of ether oxygens (including phenoxy) is 1. The van der Waals surface area contributed by atoms with E-state index in [9.17, 15) is 0 Å². The lowest BCUT2D eigenvalue weighted by molar-refractivity contribution is 0.126. The highest BCUT2D eigenvalue weighted by Crippen LogP contribution is 2.15. The van der Waals surface area contributed by atoms with Crippen LogP contribution in [0.4, 0.5) is 11.6 Å². The van der Waals surface area contributed by atoms with Gasteiger partial charge in [-0.1, -0.05) is 20.8 Å². The zero-order chi connectivity index (χ0) is 15.0. The molecule has 0 aromatic carbocycles. The second-order valence-corrected chi connectivity index (χ2v) is 5.21. The van der Waals surface area contributed by atoms with Crippen LogP contribution in [0.1, 0.15) is 39.9 Å². The summed E-state index contributed by atoms with van der Waals surface area (Å²) in [5, 5.41) is 6.56. The molecule has 114 valence electrons. The van der Waals surface area contributed by atoms with Gasteiger partial charge in [0.1, 0.15) is 17.5 Å². The van der Waals surface area contributed by atoms with Crippen molar-refractivity contribution in [3.63, 3.8) is 0 Å². The number of hydrogen-bond donors (Lipinski definition) is 2. The van der Waals surface area contributed by atoms with Crippen molar-refractivity contribution in [2.24, 2.45) is 5.92 Å². The van der Waals surface area contributed by atoms with Gasteiger partial charge in [-0.2, -0.15) is 0 Å². The molecule has 0 aliphatic rings. The molecule has 2 N–H and O–H groups in total. The molecule has 1 unspecified atom stereocenters. The highest BCUT2D eigenvalue weighted by molar-refractivity contribution is 5.47. The number of hydrogen-bond acceptors (Lipinski definition) is 5. The first-order valence-electron chi connectivity index (χ1n) is 7.50. The van der Waals surface area contributed by atoms with E-state index in [1.165, 1.54) is 0 Å². The van der Waals surface area contributed by atoms with Crippen molar-refractivity contribution in [3.8, 4) is 0 Å². The van der Waals surface area contributed by atoms with Crippen molar-refractivity contribution >= 4 is 11.6 Å². The van der Waals surface area contributed by atoms with Gasteiger partial charge >= 0.3 is 0 Å². The third-order valence-electron chi connectivity index (χ3n) is 3.14. The van der Waals surface area contributed by atoms with Gasteiger partial charge in [-0.3, -0.25) is 0 Å². The first-order valence-corrected chi connectivity index (χ1v) is 7.50. The van der Waals surface area contributed by atoms with E-state index in [1.54, 1.807) is 0 Å². The van der Waals surface area contributed by atoms with Gasteiger partial charge in [0, 0.05) is 26.1 Å². The van der Waals surface area contributed by atoms with Gasteiger partial charge in [-0.15, -0.1) is 0 Å². The first-order chi connectivity index (χ1) is 9.60. The molecule has 0 saturated carbocycles. The second-order valence-electron chi connectivity index (χ2n) is 5.21. The molecule has 0 fully saturated rings. The normalized spacial score (nSPS) is 12.5. The molecule has 0 bridgehead atoms. The fraction of sp³-hybridized carbons (Fsp3) is 0.733. The minimum Gasteiger partial charge on any atom is -0.380 e. The summed E-state index contributed by atoms with van der Waals surface area (Å²) in [6.45, 7) is 9.94. The minimum absolute atomic E-state index is 0.254. The van der Waals surface area contributed by atoms with Crippen LogP contribution in [0.25, 0.3) is 0 Å². The highest BCUT2D eigenvalue weighted by atomic mass is 16.5. The van der Waals surface area contributed by atoms with Crippen molar-refractivity contribution in [1.29, 1.82) is 0 Å². The summed E-state index contributed by atoms with van der Waals surface area (Å²) >= 11 is 0. The molecular formula is C15H28N4O. The molecule has 1 atom stereocenters.